The number of hydrogen-bond acceptors (Lipinski definition) is 18. The first-order valence-electron chi connectivity index (χ1n) is 38.9. The van der Waals surface area contributed by atoms with Crippen LogP contribution in [0.3, 0.4) is 0 Å². The lowest BCUT2D eigenvalue weighted by atomic mass is 10.0. The van der Waals surface area contributed by atoms with Crippen LogP contribution in [0.2, 0.25) is 0 Å². The number of nitrogens with zero attached hydrogens (tertiary/aromatic N) is 18. The highest BCUT2D eigenvalue weighted by Gasteiger charge is 2.21. The van der Waals surface area contributed by atoms with Gasteiger partial charge in [-0.25, -0.2) is 69.8 Å². The molecular weight excluding hydrogens is 1480 g/mol. The zero-order valence-electron chi connectivity index (χ0n) is 64.2. The van der Waals surface area contributed by atoms with Crippen LogP contribution in [0, 0.1) is 0 Å². The molecule has 0 amide bonds. The second kappa shape index (κ2) is 34.1. The molecule has 0 saturated heterocycles. The maximum atomic E-state index is 5.10. The number of benzene rings is 10. The van der Waals surface area contributed by atoms with E-state index in [1.807, 2.05) is 328 Å². The van der Waals surface area contributed by atoms with Crippen molar-refractivity contribution >= 4 is 0 Å². The van der Waals surface area contributed by atoms with Gasteiger partial charge >= 0.3 is 0 Å². The van der Waals surface area contributed by atoms with Crippen molar-refractivity contribution < 1.29 is 0 Å². The van der Waals surface area contributed by atoms with Crippen LogP contribution in [0.1, 0.15) is 0 Å². The van der Waals surface area contributed by atoms with Gasteiger partial charge in [-0.3, -0.25) is 19.9 Å². The molecule has 564 valence electrons. The Morgan fingerprint density at radius 2 is 0.317 bits per heavy atom. The third kappa shape index (κ3) is 16.6. The molecule has 0 aliphatic heterocycles. The topological polar surface area (TPSA) is 232 Å². The molecule has 18 nitrogen and oxygen atoms in total. The van der Waals surface area contributed by atoms with Gasteiger partial charge in [0.15, 0.2) is 69.9 Å². The van der Waals surface area contributed by atoms with Crippen LogP contribution < -0.4 is 0 Å². The maximum absolute atomic E-state index is 5.10. The minimum Gasteiger partial charge on any atom is -0.255 e. The van der Waals surface area contributed by atoms with Crippen LogP contribution in [-0.4, -0.2) is 89.7 Å². The van der Waals surface area contributed by atoms with Crippen LogP contribution in [0.4, 0.5) is 0 Å². The minimum atomic E-state index is 0.530. The predicted octanol–water partition coefficient (Wildman–Crippen LogP) is 22.5. The van der Waals surface area contributed by atoms with Crippen LogP contribution >= 0.6 is 0 Å². The van der Waals surface area contributed by atoms with E-state index in [0.29, 0.717) is 92.7 Å². The van der Waals surface area contributed by atoms with Gasteiger partial charge in [0, 0.05) is 91.5 Å². The van der Waals surface area contributed by atoms with Crippen LogP contribution in [0.25, 0.3) is 204 Å². The summed E-state index contributed by atoms with van der Waals surface area (Å²) in [4.78, 5) is 87.9. The van der Waals surface area contributed by atoms with Gasteiger partial charge in [0.25, 0.3) is 0 Å². The van der Waals surface area contributed by atoms with Gasteiger partial charge in [0.1, 0.15) is 0 Å². The highest BCUT2D eigenvalue weighted by Crippen LogP contribution is 2.37. The quantitative estimate of drug-likeness (QED) is 0.0777. The molecule has 0 N–H and O–H groups in total. The Morgan fingerprint density at radius 3 is 0.575 bits per heavy atom. The molecule has 10 heterocycles. The number of pyridine rings is 6. The fourth-order valence-corrected chi connectivity index (χ4v) is 13.7. The zero-order chi connectivity index (χ0) is 80.2. The van der Waals surface area contributed by atoms with Gasteiger partial charge in [-0.05, 0) is 95.1 Å². The molecule has 0 aliphatic rings. The Morgan fingerprint density at radius 1 is 0.108 bits per heavy atom. The smallest absolute Gasteiger partial charge is 0.165 e. The van der Waals surface area contributed by atoms with E-state index in [-0.39, 0.29) is 0 Å². The Balaban J connectivity index is 0.000000159. The van der Waals surface area contributed by atoms with Crippen molar-refractivity contribution in [2.45, 2.75) is 0 Å². The monoisotopic (exact) mass is 1540 g/mol. The molecule has 0 unspecified atom stereocenters. The van der Waals surface area contributed by atoms with Crippen LogP contribution in [0.5, 0.6) is 0 Å². The second-order valence-corrected chi connectivity index (χ2v) is 27.9. The summed E-state index contributed by atoms with van der Waals surface area (Å²) in [5.41, 5.74) is 20.1. The lowest BCUT2D eigenvalue weighted by molar-refractivity contribution is 1.07. The lowest BCUT2D eigenvalue weighted by Crippen LogP contribution is -2.01. The third-order valence-electron chi connectivity index (χ3n) is 19.8. The molecule has 18 heteroatoms. The first-order chi connectivity index (χ1) is 59.4. The van der Waals surface area contributed by atoms with E-state index in [0.717, 1.165) is 112 Å². The van der Waals surface area contributed by atoms with Gasteiger partial charge in [-0.2, -0.15) is 0 Å². The molecule has 10 aromatic carbocycles. The van der Waals surface area contributed by atoms with Crippen molar-refractivity contribution in [1.82, 2.24) is 89.7 Å². The highest BCUT2D eigenvalue weighted by atomic mass is 15.1. The first-order valence-corrected chi connectivity index (χ1v) is 38.9. The van der Waals surface area contributed by atoms with Crippen molar-refractivity contribution in [3.8, 4) is 204 Å². The summed E-state index contributed by atoms with van der Waals surface area (Å²) in [6, 6.07) is 124. The first kappa shape index (κ1) is 73.3. The largest absolute Gasteiger partial charge is 0.255 e. The van der Waals surface area contributed by atoms with Crippen molar-refractivity contribution in [2.75, 3.05) is 0 Å². The molecule has 0 saturated carbocycles. The molecule has 0 aliphatic carbocycles. The summed E-state index contributed by atoms with van der Waals surface area (Å²) in [6.07, 6.45) is 7.11. The molecule has 10 aromatic heterocycles. The number of aromatic nitrogens is 18. The average Bonchev–Trinajstić information content (AvgIpc) is 0.786. The second-order valence-electron chi connectivity index (χ2n) is 27.9. The van der Waals surface area contributed by atoms with Crippen LogP contribution in [0.15, 0.2) is 401 Å². The van der Waals surface area contributed by atoms with Gasteiger partial charge < -0.3 is 0 Å². The summed E-state index contributed by atoms with van der Waals surface area (Å²) in [5, 5.41) is 0. The normalized spacial score (nSPS) is 11.0. The van der Waals surface area contributed by atoms with E-state index in [9.17, 15) is 0 Å². The van der Waals surface area contributed by atoms with Crippen molar-refractivity contribution in [3.63, 3.8) is 0 Å². The highest BCUT2D eigenvalue weighted by molar-refractivity contribution is 5.81. The molecule has 0 radical (unpaired) electrons. The molecule has 0 spiro atoms. The van der Waals surface area contributed by atoms with Gasteiger partial charge in [-0.15, -0.1) is 0 Å². The Bertz CT molecular complexity index is 6530. The summed E-state index contributed by atoms with van der Waals surface area (Å²) >= 11 is 0. The van der Waals surface area contributed by atoms with E-state index >= 15 is 0 Å². The fraction of sp³-hybridized carbons (Fsp3) is 0. The SMILES string of the molecule is c1ccc(-c2nc(-c3ccccc3)nc(-c3ccc(-c4cc(-c5ccccn5)nc(-c5cc(-c6nc(-c7ccccc7)nc(-c7ccccc7)n6)ccn5)c4)cc3)n2)cc1.c1ccc(-c2nc(-c3ccccc3)nc(-c3ccc(-c4cc(-c5ccccn5)nc(-c5ccc(-c6nc(-c7ccccc7)nc(-c7ccccc7)n6)cn5)c4)cc3)n2)cc1. The molecule has 0 fully saturated rings. The third-order valence-corrected chi connectivity index (χ3v) is 19.8. The van der Waals surface area contributed by atoms with Crippen molar-refractivity contribution in [1.29, 1.82) is 0 Å². The van der Waals surface area contributed by atoms with E-state index in [2.05, 4.69) is 58.5 Å². The summed E-state index contributed by atoms with van der Waals surface area (Å²) < 4.78 is 0. The fourth-order valence-electron chi connectivity index (χ4n) is 13.7. The zero-order valence-corrected chi connectivity index (χ0v) is 64.2. The molecule has 120 heavy (non-hydrogen) atoms. The summed E-state index contributed by atoms with van der Waals surface area (Å²) in [7, 11) is 0. The van der Waals surface area contributed by atoms with E-state index in [4.69, 9.17) is 79.7 Å². The standard InChI is InChI=1S/2C51H33N9/c1-5-15-35(16-6-1)46-55-47(36-17-7-2-8-18-36)58-50(57-46)39-26-24-34(25-27-39)41-31-44(42-23-13-14-30-52-42)54-45(32-41)43-29-28-40(33-53-43)51-59-48(37-19-9-3-10-20-37)56-49(60-51)38-21-11-4-12-22-38;1-5-15-35(16-6-1)46-55-47(36-17-7-2-8-18-36)58-50(57-46)39-26-24-34(25-27-39)41-32-44(42-23-13-14-29-52-42)54-45(33-41)43-31-40(28-30-53-43)51-59-48(37-19-9-3-10-20-37)56-49(60-51)38-21-11-4-12-22-38/h2*1-33H. The minimum absolute atomic E-state index is 0.530. The Kier molecular flexibility index (Phi) is 20.8. The predicted molar refractivity (Wildman–Crippen MR) is 471 cm³/mol. The lowest BCUT2D eigenvalue weighted by Gasteiger charge is -2.12. The number of hydrogen-bond donors (Lipinski definition) is 0. The van der Waals surface area contributed by atoms with Gasteiger partial charge in [0.2, 0.25) is 0 Å². The van der Waals surface area contributed by atoms with E-state index < -0.39 is 0 Å². The summed E-state index contributed by atoms with van der Waals surface area (Å²) in [6.45, 7) is 0. The average molecular weight is 1540 g/mol. The molecule has 0 atom stereocenters. The molecule has 0 bridgehead atoms. The summed E-state index contributed by atoms with van der Waals surface area (Å²) in [5.74, 6) is 7.05. The molecule has 20 rings (SSSR count). The molecule has 20 aromatic rings. The van der Waals surface area contributed by atoms with Crippen molar-refractivity contribution in [3.05, 3.63) is 401 Å². The maximum Gasteiger partial charge on any atom is 0.165 e. The van der Waals surface area contributed by atoms with E-state index in [1.54, 1.807) is 24.8 Å². The Labute approximate surface area is 690 Å². The Hall–Kier alpha value is -16.9. The van der Waals surface area contributed by atoms with Crippen LogP contribution in [-0.2, 0) is 0 Å². The van der Waals surface area contributed by atoms with E-state index in [1.165, 1.54) is 0 Å². The van der Waals surface area contributed by atoms with Gasteiger partial charge in [0.05, 0.1) is 45.6 Å². The van der Waals surface area contributed by atoms with Gasteiger partial charge in [-0.1, -0.05) is 303 Å². The van der Waals surface area contributed by atoms with Crippen molar-refractivity contribution in [2.24, 2.45) is 0 Å². The molecular formula is C102H66N18. The number of rotatable bonds is 18.